The summed E-state index contributed by atoms with van der Waals surface area (Å²) in [5, 5.41) is 20.5. The number of rotatable bonds is 2. The molecule has 0 aliphatic carbocycles. The van der Waals surface area contributed by atoms with E-state index in [0.717, 1.165) is 0 Å². The van der Waals surface area contributed by atoms with Crippen LogP contribution in [0.5, 0.6) is 0 Å². The number of hydrogen-bond acceptors (Lipinski definition) is 7. The summed E-state index contributed by atoms with van der Waals surface area (Å²) < 4.78 is 21.9. The van der Waals surface area contributed by atoms with E-state index in [0.29, 0.717) is 12.8 Å². The van der Waals surface area contributed by atoms with Crippen LogP contribution in [0.2, 0.25) is 0 Å². The predicted molar refractivity (Wildman–Crippen MR) is 69.5 cm³/mol. The van der Waals surface area contributed by atoms with Crippen molar-refractivity contribution in [3.8, 4) is 0 Å². The van der Waals surface area contributed by atoms with E-state index in [9.17, 15) is 15.0 Å². The molecule has 0 aromatic rings. The Morgan fingerprint density at radius 1 is 1.10 bits per heavy atom. The predicted octanol–water partition coefficient (Wildman–Crippen LogP) is -0.626. The first-order valence-corrected chi connectivity index (χ1v) is 7.40. The van der Waals surface area contributed by atoms with Crippen molar-refractivity contribution in [3.05, 3.63) is 0 Å². The highest BCUT2D eigenvalue weighted by molar-refractivity contribution is 5.69. The van der Waals surface area contributed by atoms with Crippen molar-refractivity contribution in [2.75, 3.05) is 7.11 Å². The Morgan fingerprint density at radius 2 is 1.81 bits per heavy atom. The van der Waals surface area contributed by atoms with Crippen LogP contribution in [-0.2, 0) is 23.7 Å². The van der Waals surface area contributed by atoms with Gasteiger partial charge in [0.05, 0.1) is 31.8 Å². The molecule has 2 unspecified atom stereocenters. The van der Waals surface area contributed by atoms with Crippen molar-refractivity contribution < 1.29 is 34.0 Å². The number of hydrogen-bond donors (Lipinski definition) is 2. The maximum absolute atomic E-state index is 11.3. The van der Waals surface area contributed by atoms with E-state index in [1.165, 1.54) is 7.11 Å². The Morgan fingerprint density at radius 3 is 2.52 bits per heavy atom. The Labute approximate surface area is 123 Å². The van der Waals surface area contributed by atoms with Crippen molar-refractivity contribution in [3.63, 3.8) is 0 Å². The van der Waals surface area contributed by atoms with Gasteiger partial charge in [0, 0.05) is 0 Å². The van der Waals surface area contributed by atoms with Gasteiger partial charge in [0.1, 0.15) is 30.5 Å². The molecule has 3 aliphatic rings. The molecule has 0 saturated carbocycles. The van der Waals surface area contributed by atoms with Crippen LogP contribution in [0.4, 0.5) is 0 Å². The molecule has 0 spiro atoms. The first-order chi connectivity index (χ1) is 10.0. The molecule has 2 N–H and O–H groups in total. The molecule has 3 fully saturated rings. The third kappa shape index (κ3) is 2.68. The zero-order chi connectivity index (χ0) is 15.1. The molecule has 0 amide bonds. The second-order valence-corrected chi connectivity index (χ2v) is 6.01. The lowest BCUT2D eigenvalue weighted by Crippen LogP contribution is -2.61. The van der Waals surface area contributed by atoms with Crippen LogP contribution in [0.25, 0.3) is 0 Å². The Hall–Kier alpha value is -0.730. The zero-order valence-corrected chi connectivity index (χ0v) is 12.2. The third-order valence-electron chi connectivity index (χ3n) is 4.63. The summed E-state index contributed by atoms with van der Waals surface area (Å²) in [4.78, 5) is 11.3. The van der Waals surface area contributed by atoms with Crippen LogP contribution in [0, 0.1) is 0 Å². The number of esters is 1. The molecule has 0 bridgehead atoms. The molecule has 3 saturated heterocycles. The Bertz CT molecular complexity index is 401. The highest BCUT2D eigenvalue weighted by atomic mass is 16.6. The molecule has 7 nitrogen and oxygen atoms in total. The summed E-state index contributed by atoms with van der Waals surface area (Å²) >= 11 is 0. The number of aliphatic hydroxyl groups excluding tert-OH is 2. The minimum Gasteiger partial charge on any atom is -0.469 e. The summed E-state index contributed by atoms with van der Waals surface area (Å²) in [6.45, 7) is 1.75. The van der Waals surface area contributed by atoms with Gasteiger partial charge in [-0.25, -0.2) is 0 Å². The molecule has 7 heteroatoms. The monoisotopic (exact) mass is 302 g/mol. The highest BCUT2D eigenvalue weighted by Gasteiger charge is 2.55. The zero-order valence-electron chi connectivity index (χ0n) is 12.2. The lowest BCUT2D eigenvalue weighted by atomic mass is 9.88. The summed E-state index contributed by atoms with van der Waals surface area (Å²) in [6.07, 6.45) is -2.68. The Kier molecular flexibility index (Phi) is 4.20. The van der Waals surface area contributed by atoms with Gasteiger partial charge in [0.2, 0.25) is 0 Å². The smallest absolute Gasteiger partial charge is 0.308 e. The number of carbonyl (C=O) groups excluding carboxylic acids is 1. The summed E-state index contributed by atoms with van der Waals surface area (Å²) in [5.41, 5.74) is 0. The average molecular weight is 302 g/mol. The molecule has 0 aromatic carbocycles. The fourth-order valence-corrected chi connectivity index (χ4v) is 3.45. The molecular weight excluding hydrogens is 280 g/mol. The molecule has 0 aromatic heterocycles. The lowest BCUT2D eigenvalue weighted by molar-refractivity contribution is -0.259. The number of carbonyl (C=O) groups is 1. The number of ether oxygens (including phenoxy) is 4. The van der Waals surface area contributed by atoms with E-state index in [-0.39, 0.29) is 30.7 Å². The van der Waals surface area contributed by atoms with Crippen molar-refractivity contribution in [1.82, 2.24) is 0 Å². The first kappa shape index (κ1) is 15.2. The van der Waals surface area contributed by atoms with Crippen LogP contribution in [0.15, 0.2) is 0 Å². The normalized spacial score (nSPS) is 49.3. The van der Waals surface area contributed by atoms with E-state index < -0.39 is 30.5 Å². The van der Waals surface area contributed by atoms with E-state index in [1.807, 2.05) is 0 Å². The van der Waals surface area contributed by atoms with Crippen LogP contribution < -0.4 is 0 Å². The van der Waals surface area contributed by atoms with Gasteiger partial charge in [0.25, 0.3) is 0 Å². The second-order valence-electron chi connectivity index (χ2n) is 6.01. The number of aliphatic hydroxyl groups is 2. The summed E-state index contributed by atoms with van der Waals surface area (Å²) in [7, 11) is 1.34. The quantitative estimate of drug-likeness (QED) is 0.656. The van der Waals surface area contributed by atoms with E-state index in [4.69, 9.17) is 14.2 Å². The molecule has 0 radical (unpaired) electrons. The maximum Gasteiger partial charge on any atom is 0.308 e. The van der Waals surface area contributed by atoms with E-state index in [1.54, 1.807) is 6.92 Å². The summed E-state index contributed by atoms with van der Waals surface area (Å²) in [6, 6.07) is 0. The van der Waals surface area contributed by atoms with E-state index >= 15 is 0 Å². The molecule has 3 rings (SSSR count). The van der Waals surface area contributed by atoms with Crippen LogP contribution in [0.3, 0.4) is 0 Å². The first-order valence-electron chi connectivity index (χ1n) is 7.40. The van der Waals surface area contributed by atoms with Crippen molar-refractivity contribution in [2.24, 2.45) is 0 Å². The maximum atomic E-state index is 11.3. The number of fused-ring (bicyclic) bond motifs is 2. The molecular formula is C14H22O7. The SMILES string of the molecule is COC(=O)C[C@H]1CC[C@@H]2OC3[C@@H](O)C(C)O[C@H]3[C@@H](O)[C@H]2O1. The second kappa shape index (κ2) is 5.81. The minimum atomic E-state index is -0.867. The van der Waals surface area contributed by atoms with Gasteiger partial charge in [-0.3, -0.25) is 4.79 Å². The van der Waals surface area contributed by atoms with Gasteiger partial charge in [0.15, 0.2) is 0 Å². The summed E-state index contributed by atoms with van der Waals surface area (Å²) in [5.74, 6) is -0.330. The molecule has 21 heavy (non-hydrogen) atoms. The standard InChI is InChI=1S/C14H22O7/c1-6-10(16)13-14(19-6)11(17)12-8(21-13)4-3-7(20-12)5-9(15)18-2/h6-8,10-14,16-17H,3-5H2,1-2H3/t6?,7-,8+,10+,11+,12+,13?,14+/m1/s1. The van der Waals surface area contributed by atoms with Gasteiger partial charge in [-0.2, -0.15) is 0 Å². The lowest BCUT2D eigenvalue weighted by Gasteiger charge is -2.46. The van der Waals surface area contributed by atoms with Crippen LogP contribution >= 0.6 is 0 Å². The fraction of sp³-hybridized carbons (Fsp3) is 0.929. The molecule has 3 heterocycles. The minimum absolute atomic E-state index is 0.167. The van der Waals surface area contributed by atoms with Gasteiger partial charge in [-0.1, -0.05) is 0 Å². The van der Waals surface area contributed by atoms with Gasteiger partial charge < -0.3 is 29.2 Å². The molecule has 120 valence electrons. The fourth-order valence-electron chi connectivity index (χ4n) is 3.45. The van der Waals surface area contributed by atoms with Crippen molar-refractivity contribution in [2.45, 2.75) is 75.0 Å². The van der Waals surface area contributed by atoms with Crippen molar-refractivity contribution >= 4 is 5.97 Å². The largest absolute Gasteiger partial charge is 0.469 e. The van der Waals surface area contributed by atoms with Crippen LogP contribution in [-0.4, -0.2) is 72.1 Å². The average Bonchev–Trinajstić information content (AvgIpc) is 2.76. The third-order valence-corrected chi connectivity index (χ3v) is 4.63. The molecule has 3 aliphatic heterocycles. The topological polar surface area (TPSA) is 94.5 Å². The van der Waals surface area contributed by atoms with E-state index in [2.05, 4.69) is 4.74 Å². The number of methoxy groups -OCH3 is 1. The Balaban J connectivity index is 1.67. The van der Waals surface area contributed by atoms with Crippen molar-refractivity contribution in [1.29, 1.82) is 0 Å². The van der Waals surface area contributed by atoms with Gasteiger partial charge in [-0.15, -0.1) is 0 Å². The highest BCUT2D eigenvalue weighted by Crippen LogP contribution is 2.39. The van der Waals surface area contributed by atoms with Crippen LogP contribution in [0.1, 0.15) is 26.2 Å². The van der Waals surface area contributed by atoms with Gasteiger partial charge in [-0.05, 0) is 19.8 Å². The van der Waals surface area contributed by atoms with Gasteiger partial charge >= 0.3 is 5.97 Å². The molecule has 8 atom stereocenters.